The van der Waals surface area contributed by atoms with Gasteiger partial charge < -0.3 is 5.11 Å². The number of aryl methyl sites for hydroxylation is 1. The Balaban J connectivity index is 2.54. The Morgan fingerprint density at radius 2 is 2.06 bits per heavy atom. The zero-order valence-corrected chi connectivity index (χ0v) is 11.2. The molecule has 0 unspecified atom stereocenters. The van der Waals surface area contributed by atoms with E-state index in [0.717, 1.165) is 22.7 Å². The van der Waals surface area contributed by atoms with Crippen molar-refractivity contribution >= 4 is 17.3 Å². The number of aromatic nitrogens is 3. The van der Waals surface area contributed by atoms with Crippen molar-refractivity contribution in [2.45, 2.75) is 26.7 Å². The standard InChI is InChI=1S/C12H13N3O2S/c1-6(2)9-10(15-7(3)4-13-9)11-14-5-8(18-11)12(16)17/h4-6H,1-3H3,(H,16,17). The second-order valence-electron chi connectivity index (χ2n) is 4.23. The van der Waals surface area contributed by atoms with Crippen LogP contribution in [0.1, 0.15) is 40.8 Å². The average Bonchev–Trinajstić information content (AvgIpc) is 2.77. The van der Waals surface area contributed by atoms with Gasteiger partial charge in [0.15, 0.2) is 0 Å². The van der Waals surface area contributed by atoms with Crippen LogP contribution >= 0.6 is 11.3 Å². The maximum absolute atomic E-state index is 10.9. The van der Waals surface area contributed by atoms with E-state index in [1.165, 1.54) is 6.20 Å². The fourth-order valence-electron chi connectivity index (χ4n) is 1.55. The molecular weight excluding hydrogens is 250 g/mol. The highest BCUT2D eigenvalue weighted by Gasteiger charge is 2.17. The maximum atomic E-state index is 10.9. The van der Waals surface area contributed by atoms with Crippen molar-refractivity contribution in [2.75, 3.05) is 0 Å². The number of aromatic carboxylic acids is 1. The predicted molar refractivity (Wildman–Crippen MR) is 68.9 cm³/mol. The molecule has 0 radical (unpaired) electrons. The van der Waals surface area contributed by atoms with Gasteiger partial charge in [-0.05, 0) is 12.8 Å². The van der Waals surface area contributed by atoms with Gasteiger partial charge >= 0.3 is 5.97 Å². The fraction of sp³-hybridized carbons (Fsp3) is 0.333. The molecule has 2 aromatic heterocycles. The molecule has 0 aliphatic rings. The van der Waals surface area contributed by atoms with Crippen LogP contribution in [0.4, 0.5) is 0 Å². The minimum atomic E-state index is -0.967. The molecule has 0 bridgehead atoms. The molecule has 0 aliphatic heterocycles. The molecule has 2 heterocycles. The van der Waals surface area contributed by atoms with Crippen LogP contribution in [0.2, 0.25) is 0 Å². The van der Waals surface area contributed by atoms with Crippen LogP contribution in [0, 0.1) is 6.92 Å². The van der Waals surface area contributed by atoms with Gasteiger partial charge in [0, 0.05) is 6.20 Å². The van der Waals surface area contributed by atoms with E-state index < -0.39 is 5.97 Å². The summed E-state index contributed by atoms with van der Waals surface area (Å²) in [5, 5.41) is 9.52. The highest BCUT2D eigenvalue weighted by atomic mass is 32.1. The van der Waals surface area contributed by atoms with E-state index >= 15 is 0 Å². The van der Waals surface area contributed by atoms with Gasteiger partial charge in [0.25, 0.3) is 0 Å². The number of carbonyl (C=O) groups is 1. The number of carboxylic acids is 1. The molecule has 0 saturated carbocycles. The molecule has 2 aromatic rings. The molecule has 0 fully saturated rings. The van der Waals surface area contributed by atoms with Crippen LogP contribution in [-0.2, 0) is 0 Å². The highest BCUT2D eigenvalue weighted by molar-refractivity contribution is 7.16. The molecule has 18 heavy (non-hydrogen) atoms. The van der Waals surface area contributed by atoms with Crippen molar-refractivity contribution in [3.05, 3.63) is 28.7 Å². The maximum Gasteiger partial charge on any atom is 0.347 e. The summed E-state index contributed by atoms with van der Waals surface area (Å²) in [6, 6.07) is 0. The first kappa shape index (κ1) is 12.6. The van der Waals surface area contributed by atoms with Crippen molar-refractivity contribution in [1.29, 1.82) is 0 Å². The lowest BCUT2D eigenvalue weighted by atomic mass is 10.1. The first-order chi connectivity index (χ1) is 8.49. The third-order valence-corrected chi connectivity index (χ3v) is 3.38. The molecule has 2 rings (SSSR count). The lowest BCUT2D eigenvalue weighted by Gasteiger charge is -2.09. The van der Waals surface area contributed by atoms with Crippen LogP contribution in [-0.4, -0.2) is 26.0 Å². The largest absolute Gasteiger partial charge is 0.477 e. The summed E-state index contributed by atoms with van der Waals surface area (Å²) in [4.78, 5) is 24.0. The Labute approximate surface area is 109 Å². The highest BCUT2D eigenvalue weighted by Crippen LogP contribution is 2.29. The average molecular weight is 263 g/mol. The Hall–Kier alpha value is -1.82. The van der Waals surface area contributed by atoms with E-state index in [1.807, 2.05) is 20.8 Å². The topological polar surface area (TPSA) is 76.0 Å². The van der Waals surface area contributed by atoms with Crippen molar-refractivity contribution < 1.29 is 9.90 Å². The molecule has 0 aliphatic carbocycles. The summed E-state index contributed by atoms with van der Waals surface area (Å²) in [5.74, 6) is -0.754. The van der Waals surface area contributed by atoms with Crippen molar-refractivity contribution in [3.8, 4) is 10.7 Å². The third kappa shape index (κ3) is 2.38. The summed E-state index contributed by atoms with van der Waals surface area (Å²) in [5.41, 5.74) is 2.32. The minimum absolute atomic E-state index is 0.211. The lowest BCUT2D eigenvalue weighted by molar-refractivity contribution is 0.0702. The SMILES string of the molecule is Cc1cnc(C(C)C)c(-c2ncc(C(=O)O)s2)n1. The van der Waals surface area contributed by atoms with Crippen LogP contribution in [0.5, 0.6) is 0 Å². The molecule has 0 aromatic carbocycles. The van der Waals surface area contributed by atoms with Gasteiger partial charge in [-0.3, -0.25) is 4.98 Å². The molecule has 0 atom stereocenters. The van der Waals surface area contributed by atoms with Crippen molar-refractivity contribution in [2.24, 2.45) is 0 Å². The zero-order chi connectivity index (χ0) is 13.3. The molecule has 0 saturated heterocycles. The number of hydrogen-bond donors (Lipinski definition) is 1. The van der Waals surface area contributed by atoms with Crippen molar-refractivity contribution in [1.82, 2.24) is 15.0 Å². The number of thiazole rings is 1. The van der Waals surface area contributed by atoms with Crippen LogP contribution < -0.4 is 0 Å². The molecule has 0 amide bonds. The summed E-state index contributed by atoms with van der Waals surface area (Å²) in [6.07, 6.45) is 3.07. The van der Waals surface area contributed by atoms with Crippen LogP contribution in [0.25, 0.3) is 10.7 Å². The first-order valence-corrected chi connectivity index (χ1v) is 6.33. The first-order valence-electron chi connectivity index (χ1n) is 5.52. The van der Waals surface area contributed by atoms with Gasteiger partial charge in [0.05, 0.1) is 17.6 Å². The monoisotopic (exact) mass is 263 g/mol. The van der Waals surface area contributed by atoms with Gasteiger partial charge in [0.2, 0.25) is 0 Å². The molecular formula is C12H13N3O2S. The third-order valence-electron chi connectivity index (χ3n) is 2.39. The van der Waals surface area contributed by atoms with Crippen LogP contribution in [0.3, 0.4) is 0 Å². The van der Waals surface area contributed by atoms with E-state index in [1.54, 1.807) is 6.20 Å². The van der Waals surface area contributed by atoms with Gasteiger partial charge in [-0.15, -0.1) is 11.3 Å². The van der Waals surface area contributed by atoms with Gasteiger partial charge in [-0.2, -0.15) is 0 Å². The van der Waals surface area contributed by atoms with Crippen molar-refractivity contribution in [3.63, 3.8) is 0 Å². The summed E-state index contributed by atoms with van der Waals surface area (Å²) >= 11 is 1.12. The van der Waals surface area contributed by atoms with E-state index in [2.05, 4.69) is 15.0 Å². The van der Waals surface area contributed by atoms with E-state index in [0.29, 0.717) is 10.7 Å². The number of nitrogens with zero attached hydrogens (tertiary/aromatic N) is 3. The normalized spacial score (nSPS) is 10.9. The Kier molecular flexibility index (Phi) is 3.38. The number of carboxylic acid groups (broad SMARTS) is 1. The molecule has 94 valence electrons. The molecule has 1 N–H and O–H groups in total. The zero-order valence-electron chi connectivity index (χ0n) is 10.3. The van der Waals surface area contributed by atoms with Gasteiger partial charge in [-0.1, -0.05) is 13.8 Å². The smallest absolute Gasteiger partial charge is 0.347 e. The second-order valence-corrected chi connectivity index (χ2v) is 5.27. The van der Waals surface area contributed by atoms with E-state index in [-0.39, 0.29) is 10.8 Å². The number of rotatable bonds is 3. The predicted octanol–water partition coefficient (Wildman–Crippen LogP) is 2.73. The minimum Gasteiger partial charge on any atom is -0.477 e. The molecule has 6 heteroatoms. The van der Waals surface area contributed by atoms with E-state index in [9.17, 15) is 4.79 Å². The fourth-order valence-corrected chi connectivity index (χ4v) is 2.30. The quantitative estimate of drug-likeness (QED) is 0.921. The lowest BCUT2D eigenvalue weighted by Crippen LogP contribution is -2.00. The molecule has 0 spiro atoms. The van der Waals surface area contributed by atoms with Gasteiger partial charge in [-0.25, -0.2) is 14.8 Å². The summed E-state index contributed by atoms with van der Waals surface area (Å²) < 4.78 is 0. The summed E-state index contributed by atoms with van der Waals surface area (Å²) in [7, 11) is 0. The van der Waals surface area contributed by atoms with Gasteiger partial charge in [0.1, 0.15) is 15.6 Å². The number of hydrogen-bond acceptors (Lipinski definition) is 5. The van der Waals surface area contributed by atoms with Crippen LogP contribution in [0.15, 0.2) is 12.4 Å². The summed E-state index contributed by atoms with van der Waals surface area (Å²) in [6.45, 7) is 5.90. The second kappa shape index (κ2) is 4.81. The molecule has 5 nitrogen and oxygen atoms in total. The Bertz CT molecular complexity index is 593. The van der Waals surface area contributed by atoms with E-state index in [4.69, 9.17) is 5.11 Å². The Morgan fingerprint density at radius 3 is 2.61 bits per heavy atom. The Morgan fingerprint density at radius 1 is 1.33 bits per heavy atom.